The number of carbonyl (C=O) groups is 1. The Morgan fingerprint density at radius 1 is 1.17 bits per heavy atom. The number of rotatable bonds is 1. The molecule has 1 unspecified atom stereocenters. The van der Waals surface area contributed by atoms with Crippen LogP contribution < -0.4 is 0 Å². The third-order valence-electron chi connectivity index (χ3n) is 4.33. The van der Waals surface area contributed by atoms with Gasteiger partial charge >= 0.3 is 6.09 Å². The van der Waals surface area contributed by atoms with Crippen molar-refractivity contribution in [2.45, 2.75) is 43.7 Å². The molecule has 1 aromatic rings. The molecule has 1 aromatic carbocycles. The van der Waals surface area contributed by atoms with Crippen molar-refractivity contribution in [3.05, 3.63) is 29.8 Å². The summed E-state index contributed by atoms with van der Waals surface area (Å²) in [5, 5.41) is 0. The Balaban J connectivity index is 1.61. The second-order valence-corrected chi connectivity index (χ2v) is 8.33. The lowest BCUT2D eigenvalue weighted by molar-refractivity contribution is 0.00982. The molecule has 0 spiro atoms. The highest BCUT2D eigenvalue weighted by Crippen LogP contribution is 2.39. The monoisotopic (exact) mass is 334 g/mol. The van der Waals surface area contributed by atoms with Crippen LogP contribution in [0, 0.1) is 0 Å². The van der Waals surface area contributed by atoms with Gasteiger partial charge in [-0.1, -0.05) is 18.2 Å². The SMILES string of the molecule is CC(C)(C)OC(=O)N1CCN(C2CCSc3ccccc32)CC1. The van der Waals surface area contributed by atoms with Crippen LogP contribution in [0.1, 0.15) is 38.8 Å². The van der Waals surface area contributed by atoms with Crippen LogP contribution in [0.25, 0.3) is 0 Å². The van der Waals surface area contributed by atoms with Gasteiger partial charge in [0.2, 0.25) is 0 Å². The number of hydrogen-bond acceptors (Lipinski definition) is 4. The average Bonchev–Trinajstić information content (AvgIpc) is 2.53. The standard InChI is InChI=1S/C18H26N2O2S/c1-18(2,3)22-17(21)20-11-9-19(10-12-20)15-8-13-23-16-7-5-4-6-14(15)16/h4-7,15H,8-13H2,1-3H3. The summed E-state index contributed by atoms with van der Waals surface area (Å²) in [6, 6.07) is 9.23. The fraction of sp³-hybridized carbons (Fsp3) is 0.611. The molecule has 0 bridgehead atoms. The zero-order valence-electron chi connectivity index (χ0n) is 14.2. The molecule has 0 aromatic heterocycles. The van der Waals surface area contributed by atoms with Crippen molar-refractivity contribution in [2.24, 2.45) is 0 Å². The van der Waals surface area contributed by atoms with E-state index in [1.807, 2.05) is 37.4 Å². The smallest absolute Gasteiger partial charge is 0.410 e. The van der Waals surface area contributed by atoms with E-state index in [4.69, 9.17) is 4.74 Å². The fourth-order valence-corrected chi connectivity index (χ4v) is 4.35. The van der Waals surface area contributed by atoms with Crippen molar-refractivity contribution < 1.29 is 9.53 Å². The van der Waals surface area contributed by atoms with Crippen LogP contribution in [-0.2, 0) is 4.74 Å². The van der Waals surface area contributed by atoms with Crippen molar-refractivity contribution in [1.29, 1.82) is 0 Å². The number of amides is 1. The van der Waals surface area contributed by atoms with E-state index >= 15 is 0 Å². The highest BCUT2D eigenvalue weighted by atomic mass is 32.2. The molecule has 126 valence electrons. The average molecular weight is 334 g/mol. The van der Waals surface area contributed by atoms with E-state index in [1.165, 1.54) is 22.6 Å². The zero-order valence-corrected chi connectivity index (χ0v) is 15.1. The Kier molecular flexibility index (Phi) is 4.87. The fourth-order valence-electron chi connectivity index (χ4n) is 3.25. The van der Waals surface area contributed by atoms with E-state index in [9.17, 15) is 4.79 Å². The van der Waals surface area contributed by atoms with Crippen LogP contribution in [0.3, 0.4) is 0 Å². The van der Waals surface area contributed by atoms with Gasteiger partial charge in [0, 0.05) is 37.1 Å². The van der Waals surface area contributed by atoms with Crippen molar-refractivity contribution in [3.63, 3.8) is 0 Å². The minimum Gasteiger partial charge on any atom is -0.444 e. The molecule has 2 aliphatic rings. The van der Waals surface area contributed by atoms with Gasteiger partial charge < -0.3 is 9.64 Å². The Morgan fingerprint density at radius 2 is 1.87 bits per heavy atom. The Labute approximate surface area is 143 Å². The molecule has 0 saturated carbocycles. The summed E-state index contributed by atoms with van der Waals surface area (Å²) in [5.74, 6) is 1.17. The van der Waals surface area contributed by atoms with Crippen molar-refractivity contribution in [1.82, 2.24) is 9.80 Å². The summed E-state index contributed by atoms with van der Waals surface area (Å²) in [5.41, 5.74) is 1.03. The van der Waals surface area contributed by atoms with Crippen LogP contribution in [0.15, 0.2) is 29.2 Å². The minimum absolute atomic E-state index is 0.184. The molecular formula is C18H26N2O2S. The summed E-state index contributed by atoms with van der Waals surface area (Å²) in [6.07, 6.45) is 1.01. The van der Waals surface area contributed by atoms with Gasteiger partial charge in [0.1, 0.15) is 5.60 Å². The van der Waals surface area contributed by atoms with Gasteiger partial charge in [-0.2, -0.15) is 0 Å². The van der Waals surface area contributed by atoms with Crippen LogP contribution in [0.4, 0.5) is 4.79 Å². The van der Waals surface area contributed by atoms with Gasteiger partial charge in [-0.25, -0.2) is 4.79 Å². The highest BCUT2D eigenvalue weighted by molar-refractivity contribution is 7.99. The number of fused-ring (bicyclic) bond motifs is 1. The lowest BCUT2D eigenvalue weighted by atomic mass is 10.0. The van der Waals surface area contributed by atoms with Gasteiger partial charge in [-0.3, -0.25) is 4.90 Å². The first-order valence-corrected chi connectivity index (χ1v) is 9.36. The molecule has 1 saturated heterocycles. The van der Waals surface area contributed by atoms with Crippen LogP contribution in [0.5, 0.6) is 0 Å². The molecule has 2 aliphatic heterocycles. The zero-order chi connectivity index (χ0) is 16.4. The lowest BCUT2D eigenvalue weighted by Crippen LogP contribution is -2.51. The molecule has 23 heavy (non-hydrogen) atoms. The molecule has 3 rings (SSSR count). The number of carbonyl (C=O) groups excluding carboxylic acids is 1. The Bertz CT molecular complexity index is 562. The number of ether oxygens (including phenoxy) is 1. The van der Waals surface area contributed by atoms with Crippen LogP contribution in [0.2, 0.25) is 0 Å². The van der Waals surface area contributed by atoms with Gasteiger partial charge in [-0.05, 0) is 44.6 Å². The molecule has 5 heteroatoms. The first-order chi connectivity index (χ1) is 10.9. The molecule has 2 heterocycles. The number of nitrogens with zero attached hydrogens (tertiary/aromatic N) is 2. The molecule has 1 amide bonds. The second kappa shape index (κ2) is 6.73. The van der Waals surface area contributed by atoms with Crippen LogP contribution >= 0.6 is 11.8 Å². The Morgan fingerprint density at radius 3 is 2.57 bits per heavy atom. The van der Waals surface area contributed by atoms with Crippen molar-refractivity contribution in [3.8, 4) is 0 Å². The van der Waals surface area contributed by atoms with E-state index in [-0.39, 0.29) is 6.09 Å². The van der Waals surface area contributed by atoms with E-state index in [0.717, 1.165) is 26.2 Å². The summed E-state index contributed by atoms with van der Waals surface area (Å²) in [7, 11) is 0. The highest BCUT2D eigenvalue weighted by Gasteiger charge is 2.31. The van der Waals surface area contributed by atoms with Crippen molar-refractivity contribution >= 4 is 17.9 Å². The normalized spacial score (nSPS) is 22.6. The Hall–Kier alpha value is -1.20. The van der Waals surface area contributed by atoms with Crippen LogP contribution in [-0.4, -0.2) is 53.4 Å². The van der Waals surface area contributed by atoms with Gasteiger partial charge in [0.05, 0.1) is 0 Å². The quantitative estimate of drug-likeness (QED) is 0.782. The second-order valence-electron chi connectivity index (χ2n) is 7.19. The summed E-state index contributed by atoms with van der Waals surface area (Å²) in [6.45, 7) is 9.08. The first kappa shape index (κ1) is 16.7. The number of hydrogen-bond donors (Lipinski definition) is 0. The summed E-state index contributed by atoms with van der Waals surface area (Å²) in [4.78, 5) is 18.0. The molecule has 0 N–H and O–H groups in total. The third-order valence-corrected chi connectivity index (χ3v) is 5.46. The number of benzene rings is 1. The molecule has 1 atom stereocenters. The molecule has 0 radical (unpaired) electrons. The van der Waals surface area contributed by atoms with E-state index in [0.29, 0.717) is 6.04 Å². The molecule has 4 nitrogen and oxygen atoms in total. The maximum atomic E-state index is 12.2. The number of thioether (sulfide) groups is 1. The maximum Gasteiger partial charge on any atom is 0.410 e. The van der Waals surface area contributed by atoms with Gasteiger partial charge in [-0.15, -0.1) is 11.8 Å². The molecular weight excluding hydrogens is 308 g/mol. The number of piperazine rings is 1. The minimum atomic E-state index is -0.423. The topological polar surface area (TPSA) is 32.8 Å². The van der Waals surface area contributed by atoms with Gasteiger partial charge in [0.15, 0.2) is 0 Å². The van der Waals surface area contributed by atoms with E-state index in [1.54, 1.807) is 0 Å². The van der Waals surface area contributed by atoms with E-state index < -0.39 is 5.60 Å². The predicted molar refractivity (Wildman–Crippen MR) is 93.9 cm³/mol. The molecule has 0 aliphatic carbocycles. The lowest BCUT2D eigenvalue weighted by Gasteiger charge is -2.41. The third kappa shape index (κ3) is 4.01. The summed E-state index contributed by atoms with van der Waals surface area (Å²) >= 11 is 1.96. The predicted octanol–water partition coefficient (Wildman–Crippen LogP) is 3.78. The maximum absolute atomic E-state index is 12.2. The summed E-state index contributed by atoms with van der Waals surface area (Å²) < 4.78 is 5.48. The molecule has 1 fully saturated rings. The van der Waals surface area contributed by atoms with Gasteiger partial charge in [0.25, 0.3) is 0 Å². The van der Waals surface area contributed by atoms with Crippen molar-refractivity contribution in [2.75, 3.05) is 31.9 Å². The van der Waals surface area contributed by atoms with E-state index in [2.05, 4.69) is 29.2 Å². The first-order valence-electron chi connectivity index (χ1n) is 8.38. The largest absolute Gasteiger partial charge is 0.444 e.